The number of ether oxygens (including phenoxy) is 1. The van der Waals surface area contributed by atoms with E-state index in [-0.39, 0.29) is 25.1 Å². The molecule has 0 aliphatic carbocycles. The number of imidazole rings is 2. The van der Waals surface area contributed by atoms with Gasteiger partial charge < -0.3 is 35.8 Å². The first-order chi connectivity index (χ1) is 21.0. The summed E-state index contributed by atoms with van der Waals surface area (Å²) < 4.78 is 5.50. The van der Waals surface area contributed by atoms with Crippen LogP contribution < -0.4 is 11.1 Å². The van der Waals surface area contributed by atoms with Gasteiger partial charge in [0.2, 0.25) is 11.8 Å². The van der Waals surface area contributed by atoms with Crippen molar-refractivity contribution in [3.8, 4) is 0 Å². The number of hydrogen-bond donors (Lipinski definition) is 5. The molecule has 6 N–H and O–H groups in total. The Hall–Kier alpha value is -4.97. The predicted octanol–water partition coefficient (Wildman–Crippen LogP) is 2.84. The van der Waals surface area contributed by atoms with Gasteiger partial charge in [-0.2, -0.15) is 0 Å². The fourth-order valence-electron chi connectivity index (χ4n) is 5.00. The molecule has 4 aromatic rings. The highest BCUT2D eigenvalue weighted by molar-refractivity contribution is 5.91. The summed E-state index contributed by atoms with van der Waals surface area (Å²) in [5, 5.41) is 14.5. The average molecular weight is 602 g/mol. The minimum Gasteiger partial charge on any atom is -0.444 e. The maximum absolute atomic E-state index is 14.8. The number of aromatic amines is 2. The third kappa shape index (κ3) is 8.77. The second-order valence-electron chi connectivity index (χ2n) is 11.5. The van der Waals surface area contributed by atoms with Crippen LogP contribution in [0.2, 0.25) is 0 Å². The molecule has 0 unspecified atom stereocenters. The number of hydrogen-bond acceptors (Lipinski definition) is 7. The van der Waals surface area contributed by atoms with E-state index < -0.39 is 47.7 Å². The zero-order valence-corrected chi connectivity index (χ0v) is 25.0. The van der Waals surface area contributed by atoms with Gasteiger partial charge in [-0.25, -0.2) is 14.8 Å². The van der Waals surface area contributed by atoms with Crippen LogP contribution in [0.1, 0.15) is 49.5 Å². The third-order valence-electron chi connectivity index (χ3n) is 6.96. The molecule has 4 rings (SSSR count). The lowest BCUT2D eigenvalue weighted by Crippen LogP contribution is -2.61. The summed E-state index contributed by atoms with van der Waals surface area (Å²) in [5.74, 6) is -1.24. The predicted molar refractivity (Wildman–Crippen MR) is 163 cm³/mol. The van der Waals surface area contributed by atoms with Gasteiger partial charge in [-0.05, 0) is 38.3 Å². The van der Waals surface area contributed by atoms with Gasteiger partial charge in [0.1, 0.15) is 29.6 Å². The second-order valence-corrected chi connectivity index (χ2v) is 11.5. The molecule has 232 valence electrons. The summed E-state index contributed by atoms with van der Waals surface area (Å²) in [6.07, 6.45) is 4.14. The van der Waals surface area contributed by atoms with Crippen molar-refractivity contribution in [1.82, 2.24) is 30.2 Å². The maximum atomic E-state index is 14.8. The van der Waals surface area contributed by atoms with Gasteiger partial charge in [0.05, 0.1) is 18.1 Å². The second kappa shape index (κ2) is 14.5. The fourth-order valence-corrected chi connectivity index (χ4v) is 5.00. The molecule has 0 spiro atoms. The Labute approximate surface area is 256 Å². The number of aromatic nitrogens is 4. The lowest BCUT2D eigenvalue weighted by atomic mass is 9.94. The van der Waals surface area contributed by atoms with Crippen LogP contribution in [-0.2, 0) is 33.6 Å². The molecule has 0 fully saturated rings. The molecule has 0 saturated heterocycles. The van der Waals surface area contributed by atoms with Gasteiger partial charge in [-0.15, -0.1) is 0 Å². The Bertz CT molecular complexity index is 1470. The molecular formula is C32H39N7O5. The largest absolute Gasteiger partial charge is 0.444 e. The number of primary amides is 1. The maximum Gasteiger partial charge on any atom is 0.408 e. The number of nitrogens with two attached hydrogens (primary N) is 1. The van der Waals surface area contributed by atoms with Crippen molar-refractivity contribution < 1.29 is 24.2 Å². The third-order valence-corrected chi connectivity index (χ3v) is 6.96. The van der Waals surface area contributed by atoms with Crippen molar-refractivity contribution in [1.29, 1.82) is 0 Å². The average Bonchev–Trinajstić information content (AvgIpc) is 3.70. The number of aliphatic hydroxyl groups excluding tert-OH is 1. The highest BCUT2D eigenvalue weighted by atomic mass is 16.6. The lowest BCUT2D eigenvalue weighted by molar-refractivity contribution is -0.147. The van der Waals surface area contributed by atoms with Gasteiger partial charge in [0.25, 0.3) is 0 Å². The van der Waals surface area contributed by atoms with Crippen molar-refractivity contribution in [2.24, 2.45) is 5.73 Å². The number of rotatable bonds is 13. The van der Waals surface area contributed by atoms with Crippen molar-refractivity contribution in [3.05, 3.63) is 108 Å². The van der Waals surface area contributed by atoms with E-state index in [1.165, 1.54) is 17.4 Å². The Kier molecular flexibility index (Phi) is 10.5. The van der Waals surface area contributed by atoms with Gasteiger partial charge in [0.15, 0.2) is 0 Å². The van der Waals surface area contributed by atoms with E-state index in [2.05, 4.69) is 25.3 Å². The van der Waals surface area contributed by atoms with Crippen molar-refractivity contribution in [2.75, 3.05) is 0 Å². The van der Waals surface area contributed by atoms with Crippen molar-refractivity contribution >= 4 is 17.9 Å². The summed E-state index contributed by atoms with van der Waals surface area (Å²) in [5.41, 5.74) is 7.20. The van der Waals surface area contributed by atoms with E-state index >= 15 is 0 Å². The Morgan fingerprint density at radius 3 is 2.14 bits per heavy atom. The fraction of sp³-hybridized carbons (Fsp3) is 0.344. The molecule has 2 heterocycles. The number of aliphatic hydroxyl groups is 1. The van der Waals surface area contributed by atoms with Gasteiger partial charge in [-0.3, -0.25) is 9.59 Å². The summed E-state index contributed by atoms with van der Waals surface area (Å²) in [6, 6.07) is 14.9. The lowest BCUT2D eigenvalue weighted by Gasteiger charge is -2.40. The van der Waals surface area contributed by atoms with Crippen LogP contribution in [0, 0.1) is 0 Å². The van der Waals surface area contributed by atoms with E-state index in [0.29, 0.717) is 5.69 Å². The van der Waals surface area contributed by atoms with Crippen LogP contribution in [0.3, 0.4) is 0 Å². The van der Waals surface area contributed by atoms with E-state index in [9.17, 15) is 19.5 Å². The number of H-pyrrole nitrogens is 2. The number of nitrogens with zero attached hydrogens (tertiary/aromatic N) is 3. The molecule has 2 aromatic carbocycles. The molecule has 12 nitrogen and oxygen atoms in total. The molecule has 0 bridgehead atoms. The van der Waals surface area contributed by atoms with Crippen LogP contribution in [0.15, 0.2) is 85.6 Å². The number of carbonyl (C=O) groups excluding carboxylic acids is 3. The van der Waals surface area contributed by atoms with E-state index in [1.807, 2.05) is 60.7 Å². The Balaban J connectivity index is 1.83. The van der Waals surface area contributed by atoms with Crippen LogP contribution in [0.4, 0.5) is 4.79 Å². The summed E-state index contributed by atoms with van der Waals surface area (Å²) in [4.78, 5) is 56.6. The Morgan fingerprint density at radius 2 is 1.61 bits per heavy atom. The monoisotopic (exact) mass is 601 g/mol. The topological polar surface area (TPSA) is 179 Å². The minimum absolute atomic E-state index is 0.0365. The van der Waals surface area contributed by atoms with Gasteiger partial charge >= 0.3 is 6.09 Å². The standard InChI is InChI=1S/C32H39N7O5/c1-32(2,3)44-31(43)38-24(16-21-10-6-4-7-11-21)30(42)39(26(28(33)41)18-23-19-34-20-37-23)25(17-22-12-8-5-9-13-22)27(40)29-35-14-15-36-29/h4-15,19-20,24-27,40H,16-18H2,1-3H3,(H2,33,41)(H,34,37)(H,35,36)(H,38,43)/t24-,25-,26-,27+/m0/s1. The molecule has 12 heteroatoms. The van der Waals surface area contributed by atoms with Gasteiger partial charge in [0, 0.05) is 31.4 Å². The molecule has 0 aliphatic rings. The molecule has 44 heavy (non-hydrogen) atoms. The quantitative estimate of drug-likeness (QED) is 0.156. The molecular weight excluding hydrogens is 562 g/mol. The number of carbonyl (C=O) groups is 3. The van der Waals surface area contributed by atoms with Crippen molar-refractivity contribution in [3.63, 3.8) is 0 Å². The first-order valence-electron chi connectivity index (χ1n) is 14.4. The summed E-state index contributed by atoms with van der Waals surface area (Å²) in [6.45, 7) is 5.15. The number of benzene rings is 2. The molecule has 2 aromatic heterocycles. The molecule has 0 aliphatic heterocycles. The zero-order valence-electron chi connectivity index (χ0n) is 25.0. The summed E-state index contributed by atoms with van der Waals surface area (Å²) in [7, 11) is 0. The van der Waals surface area contributed by atoms with Gasteiger partial charge in [-0.1, -0.05) is 60.7 Å². The first kappa shape index (κ1) is 32.0. The van der Waals surface area contributed by atoms with E-state index in [1.54, 1.807) is 33.2 Å². The Morgan fingerprint density at radius 1 is 0.977 bits per heavy atom. The highest BCUT2D eigenvalue weighted by Gasteiger charge is 2.42. The van der Waals surface area contributed by atoms with Crippen LogP contribution >= 0.6 is 0 Å². The normalized spacial score (nSPS) is 14.2. The summed E-state index contributed by atoms with van der Waals surface area (Å²) >= 11 is 0. The number of alkyl carbamates (subject to hydrolysis) is 1. The molecule has 0 radical (unpaired) electrons. The SMILES string of the molecule is CC(C)(C)OC(=O)N[C@@H](Cc1ccccc1)C(=O)N([C@@H](Cc1c[nH]cn1)C(N)=O)[C@@H](Cc1ccccc1)[C@@H](O)c1ncc[nH]1. The molecule has 3 amide bonds. The smallest absolute Gasteiger partial charge is 0.408 e. The van der Waals surface area contributed by atoms with Crippen LogP contribution in [0.25, 0.3) is 0 Å². The molecule has 4 atom stereocenters. The zero-order chi connectivity index (χ0) is 31.7. The number of nitrogens with one attached hydrogen (secondary N) is 3. The van der Waals surface area contributed by atoms with Crippen molar-refractivity contribution in [2.45, 2.75) is 69.9 Å². The molecule has 0 saturated carbocycles. The van der Waals surface area contributed by atoms with E-state index in [0.717, 1.165) is 11.1 Å². The minimum atomic E-state index is -1.35. The highest BCUT2D eigenvalue weighted by Crippen LogP contribution is 2.27. The first-order valence-corrected chi connectivity index (χ1v) is 14.4. The number of amides is 3. The van der Waals surface area contributed by atoms with Crippen LogP contribution in [0.5, 0.6) is 0 Å². The van der Waals surface area contributed by atoms with Crippen LogP contribution in [-0.4, -0.2) is 71.6 Å². The van der Waals surface area contributed by atoms with E-state index in [4.69, 9.17) is 10.5 Å².